The molecule has 3 atom stereocenters. The van der Waals surface area contributed by atoms with Crippen LogP contribution in [0.1, 0.15) is 51.0 Å². The Hall–Kier alpha value is -3.84. The molecule has 0 radical (unpaired) electrons. The minimum absolute atomic E-state index is 0.162. The molecule has 6 rings (SSSR count). The fraction of sp³-hybridized carbons (Fsp3) is 0.310. The lowest BCUT2D eigenvalue weighted by atomic mass is 9.79. The molecule has 3 aromatic carbocycles. The molecule has 0 saturated heterocycles. The Bertz CT molecular complexity index is 1350. The number of aryl methyl sites for hydroxylation is 1. The number of carboxylic acid groups (broad SMARTS) is 1. The summed E-state index contributed by atoms with van der Waals surface area (Å²) in [5.41, 5.74) is 4.55. The summed E-state index contributed by atoms with van der Waals surface area (Å²) in [4.78, 5) is 28.4. The first-order chi connectivity index (χ1) is 17.5. The van der Waals surface area contributed by atoms with E-state index >= 15 is 0 Å². The highest BCUT2D eigenvalue weighted by Gasteiger charge is 2.45. The van der Waals surface area contributed by atoms with Crippen LogP contribution in [-0.2, 0) is 17.6 Å². The Morgan fingerprint density at radius 1 is 0.972 bits per heavy atom. The van der Waals surface area contributed by atoms with Gasteiger partial charge in [-0.25, -0.2) is 0 Å². The monoisotopic (exact) mass is 485 g/mol. The minimum atomic E-state index is -0.997. The van der Waals surface area contributed by atoms with Crippen LogP contribution in [0.4, 0.5) is 5.69 Å². The van der Waals surface area contributed by atoms with Gasteiger partial charge in [-0.3, -0.25) is 14.5 Å². The topological polar surface area (TPSA) is 96.3 Å². The maximum absolute atomic E-state index is 14.0. The maximum atomic E-state index is 14.0. The molecule has 0 saturated carbocycles. The van der Waals surface area contributed by atoms with Crippen molar-refractivity contribution in [3.05, 3.63) is 88.5 Å². The van der Waals surface area contributed by atoms with Crippen LogP contribution in [0.25, 0.3) is 0 Å². The molecular formula is C29H27NO6. The molecule has 0 aromatic heterocycles. The summed E-state index contributed by atoms with van der Waals surface area (Å²) in [5, 5.41) is 20.0. The van der Waals surface area contributed by atoms with E-state index in [-0.39, 0.29) is 18.4 Å². The third kappa shape index (κ3) is 3.71. The highest BCUT2D eigenvalue weighted by Crippen LogP contribution is 2.47. The normalized spacial score (nSPS) is 22.5. The molecule has 1 aliphatic carbocycles. The Labute approximate surface area is 208 Å². The molecule has 0 bridgehead atoms. The number of aliphatic hydroxyl groups excluding tert-OH is 1. The van der Waals surface area contributed by atoms with Crippen molar-refractivity contribution in [2.45, 2.75) is 31.2 Å². The summed E-state index contributed by atoms with van der Waals surface area (Å²) in [6, 6.07) is 17.5. The van der Waals surface area contributed by atoms with Crippen LogP contribution in [0.15, 0.2) is 60.7 Å². The average Bonchev–Trinajstić information content (AvgIpc) is 2.92. The van der Waals surface area contributed by atoms with Crippen molar-refractivity contribution in [1.82, 2.24) is 0 Å². The number of rotatable bonds is 4. The van der Waals surface area contributed by atoms with Crippen molar-refractivity contribution < 1.29 is 29.3 Å². The second-order valence-corrected chi connectivity index (χ2v) is 9.67. The predicted molar refractivity (Wildman–Crippen MR) is 133 cm³/mol. The molecule has 7 heteroatoms. The summed E-state index contributed by atoms with van der Waals surface area (Å²) in [7, 11) is 0. The molecule has 0 spiro atoms. The quantitative estimate of drug-likeness (QED) is 0.577. The molecular weight excluding hydrogens is 458 g/mol. The van der Waals surface area contributed by atoms with Crippen molar-refractivity contribution >= 4 is 17.6 Å². The molecule has 0 unspecified atom stereocenters. The van der Waals surface area contributed by atoms with Crippen LogP contribution >= 0.6 is 0 Å². The Morgan fingerprint density at radius 3 is 2.58 bits per heavy atom. The third-order valence-electron chi connectivity index (χ3n) is 7.57. The number of carbonyl (C=O) groups excluding carboxylic acids is 1. The second-order valence-electron chi connectivity index (χ2n) is 9.67. The van der Waals surface area contributed by atoms with Gasteiger partial charge in [0.05, 0.1) is 6.04 Å². The summed E-state index contributed by atoms with van der Waals surface area (Å²) < 4.78 is 11.5. The molecule has 3 aliphatic rings. The largest absolute Gasteiger partial charge is 0.486 e. The minimum Gasteiger partial charge on any atom is -0.486 e. The van der Waals surface area contributed by atoms with E-state index in [0.717, 1.165) is 24.8 Å². The number of anilines is 1. The Balaban J connectivity index is 1.51. The highest BCUT2D eigenvalue weighted by molar-refractivity contribution is 6.11. The fourth-order valence-electron chi connectivity index (χ4n) is 5.79. The summed E-state index contributed by atoms with van der Waals surface area (Å²) in [6.07, 6.45) is 2.49. The number of nitrogens with zero attached hydrogens (tertiary/aromatic N) is 1. The van der Waals surface area contributed by atoms with E-state index in [2.05, 4.69) is 0 Å². The van der Waals surface area contributed by atoms with Crippen molar-refractivity contribution in [2.24, 2.45) is 5.92 Å². The lowest BCUT2D eigenvalue weighted by Gasteiger charge is -2.41. The zero-order valence-corrected chi connectivity index (χ0v) is 19.7. The number of aliphatic carboxylic acids is 1. The van der Waals surface area contributed by atoms with E-state index in [1.54, 1.807) is 41.3 Å². The van der Waals surface area contributed by atoms with Crippen molar-refractivity contribution in [1.29, 1.82) is 0 Å². The van der Waals surface area contributed by atoms with Crippen molar-refractivity contribution in [3.63, 3.8) is 0 Å². The molecule has 2 aliphatic heterocycles. The van der Waals surface area contributed by atoms with Gasteiger partial charge in [-0.1, -0.05) is 30.3 Å². The lowest BCUT2D eigenvalue weighted by molar-refractivity contribution is -0.139. The zero-order chi connectivity index (χ0) is 24.8. The SMILES string of the molecule is O=C(O)[C@H]1c2ccccc2C(=O)N(c2ccc3c(c2)CC[C@H](CO)C3)[C@@H]1c1ccc2c(c1)OCCO2. The standard InChI is InChI=1S/C29H27NO6/c31-16-17-5-6-19-14-21(9-7-18(19)13-17)30-27(20-8-10-24-25(15-20)36-12-11-35-24)26(29(33)34)22-3-1-2-4-23(22)28(30)32/h1-4,7-10,14-15,17,26-27,31H,5-6,11-13,16H2,(H,33,34)/t17-,26-,27+/m0/s1. The van der Waals surface area contributed by atoms with Gasteiger partial charge in [-0.2, -0.15) is 0 Å². The van der Waals surface area contributed by atoms with Crippen LogP contribution in [0, 0.1) is 5.92 Å². The first kappa shape index (κ1) is 22.6. The zero-order valence-electron chi connectivity index (χ0n) is 19.7. The van der Waals surface area contributed by atoms with Gasteiger partial charge < -0.3 is 19.7 Å². The smallest absolute Gasteiger partial charge is 0.313 e. The maximum Gasteiger partial charge on any atom is 0.313 e. The number of hydrogen-bond donors (Lipinski definition) is 2. The first-order valence-corrected chi connectivity index (χ1v) is 12.3. The van der Waals surface area contributed by atoms with E-state index in [9.17, 15) is 19.8 Å². The number of hydrogen-bond acceptors (Lipinski definition) is 5. The molecule has 2 heterocycles. The predicted octanol–water partition coefficient (Wildman–Crippen LogP) is 4.12. The van der Waals surface area contributed by atoms with E-state index in [1.807, 2.05) is 24.3 Å². The van der Waals surface area contributed by atoms with Crippen LogP contribution in [0.3, 0.4) is 0 Å². The number of ether oxygens (including phenoxy) is 2. The van der Waals surface area contributed by atoms with Crippen LogP contribution in [0.5, 0.6) is 11.5 Å². The van der Waals surface area contributed by atoms with Gasteiger partial charge in [0.25, 0.3) is 5.91 Å². The molecule has 1 amide bonds. The second kappa shape index (κ2) is 8.99. The Morgan fingerprint density at radius 2 is 1.78 bits per heavy atom. The molecule has 2 N–H and O–H groups in total. The van der Waals surface area contributed by atoms with Crippen LogP contribution in [0.2, 0.25) is 0 Å². The molecule has 3 aromatic rings. The molecule has 0 fully saturated rings. The van der Waals surface area contributed by atoms with Crippen LogP contribution < -0.4 is 14.4 Å². The number of fused-ring (bicyclic) bond motifs is 3. The van der Waals surface area contributed by atoms with Gasteiger partial charge in [0, 0.05) is 17.9 Å². The molecule has 7 nitrogen and oxygen atoms in total. The van der Waals surface area contributed by atoms with Gasteiger partial charge in [-0.05, 0) is 77.8 Å². The van der Waals surface area contributed by atoms with Gasteiger partial charge in [-0.15, -0.1) is 0 Å². The van der Waals surface area contributed by atoms with Gasteiger partial charge in [0.2, 0.25) is 0 Å². The van der Waals surface area contributed by atoms with E-state index in [1.165, 1.54) is 5.56 Å². The number of aliphatic hydroxyl groups is 1. The third-order valence-corrected chi connectivity index (χ3v) is 7.57. The summed E-state index contributed by atoms with van der Waals surface area (Å²) >= 11 is 0. The van der Waals surface area contributed by atoms with Gasteiger partial charge in [0.15, 0.2) is 11.5 Å². The Kier molecular flexibility index (Phi) is 5.64. The summed E-state index contributed by atoms with van der Waals surface area (Å²) in [6.45, 7) is 1.03. The summed E-state index contributed by atoms with van der Waals surface area (Å²) in [5.74, 6) is -0.784. The number of carboxylic acids is 1. The van der Waals surface area contributed by atoms with Crippen LogP contribution in [-0.4, -0.2) is 41.9 Å². The average molecular weight is 486 g/mol. The molecule has 36 heavy (non-hydrogen) atoms. The number of benzene rings is 3. The number of carbonyl (C=O) groups is 2. The van der Waals surface area contributed by atoms with Gasteiger partial charge in [0.1, 0.15) is 19.1 Å². The van der Waals surface area contributed by atoms with Crippen molar-refractivity contribution in [2.75, 3.05) is 24.7 Å². The first-order valence-electron chi connectivity index (χ1n) is 12.3. The van der Waals surface area contributed by atoms with E-state index in [4.69, 9.17) is 9.47 Å². The van der Waals surface area contributed by atoms with Crippen molar-refractivity contribution in [3.8, 4) is 11.5 Å². The van der Waals surface area contributed by atoms with E-state index in [0.29, 0.717) is 47.1 Å². The number of amides is 1. The van der Waals surface area contributed by atoms with Gasteiger partial charge >= 0.3 is 5.97 Å². The molecule has 184 valence electrons. The van der Waals surface area contributed by atoms with E-state index < -0.39 is 17.9 Å². The highest BCUT2D eigenvalue weighted by atomic mass is 16.6. The fourth-order valence-corrected chi connectivity index (χ4v) is 5.79. The lowest BCUT2D eigenvalue weighted by Crippen LogP contribution is -2.45.